The van der Waals surface area contributed by atoms with Crippen molar-refractivity contribution < 1.29 is 14.3 Å². The zero-order valence-corrected chi connectivity index (χ0v) is 14.2. The van der Waals surface area contributed by atoms with Crippen molar-refractivity contribution in [3.8, 4) is 17.1 Å². The molecule has 1 saturated heterocycles. The van der Waals surface area contributed by atoms with E-state index in [1.54, 1.807) is 12.0 Å². The van der Waals surface area contributed by atoms with E-state index >= 15 is 0 Å². The lowest BCUT2D eigenvalue weighted by Gasteiger charge is -2.26. The van der Waals surface area contributed by atoms with Crippen LogP contribution in [0.4, 0.5) is 0 Å². The normalized spacial score (nSPS) is 14.6. The highest BCUT2D eigenvalue weighted by atomic mass is 32.2. The van der Waals surface area contributed by atoms with Crippen LogP contribution in [-0.2, 0) is 9.53 Å². The summed E-state index contributed by atoms with van der Waals surface area (Å²) in [5, 5.41) is 8.70. The van der Waals surface area contributed by atoms with Gasteiger partial charge in [0.05, 0.1) is 31.6 Å². The molecular weight excluding hydrogens is 330 g/mol. The molecule has 1 amide bonds. The number of thioether (sulfide) groups is 1. The molecule has 128 valence electrons. The van der Waals surface area contributed by atoms with E-state index in [-0.39, 0.29) is 11.7 Å². The number of carbonyl (C=O) groups excluding carboxylic acids is 1. The van der Waals surface area contributed by atoms with Gasteiger partial charge in [0, 0.05) is 13.1 Å². The van der Waals surface area contributed by atoms with Gasteiger partial charge in [-0.1, -0.05) is 23.9 Å². The molecule has 0 atom stereocenters. The minimum atomic E-state index is 0.0464. The Kier molecular flexibility index (Phi) is 5.21. The van der Waals surface area contributed by atoms with Crippen molar-refractivity contribution in [1.82, 2.24) is 19.8 Å². The van der Waals surface area contributed by atoms with Gasteiger partial charge in [-0.05, 0) is 12.1 Å². The number of aromatic nitrogens is 3. The van der Waals surface area contributed by atoms with Gasteiger partial charge in [-0.15, -0.1) is 10.2 Å². The molecule has 0 bridgehead atoms. The molecule has 2 N–H and O–H groups in total. The number of hydrogen-bond donors (Lipinski definition) is 1. The highest BCUT2D eigenvalue weighted by Crippen LogP contribution is 2.29. The van der Waals surface area contributed by atoms with Gasteiger partial charge in [-0.25, -0.2) is 4.68 Å². The molecule has 1 aliphatic rings. The molecule has 0 radical (unpaired) electrons. The van der Waals surface area contributed by atoms with Gasteiger partial charge in [-0.2, -0.15) is 0 Å². The van der Waals surface area contributed by atoms with Crippen LogP contribution in [0.25, 0.3) is 11.4 Å². The van der Waals surface area contributed by atoms with Gasteiger partial charge in [-0.3, -0.25) is 4.79 Å². The first-order valence-electron chi connectivity index (χ1n) is 7.53. The van der Waals surface area contributed by atoms with Crippen molar-refractivity contribution in [2.75, 3.05) is 45.0 Å². The Morgan fingerprint density at radius 1 is 1.33 bits per heavy atom. The Morgan fingerprint density at radius 2 is 2.08 bits per heavy atom. The summed E-state index contributed by atoms with van der Waals surface area (Å²) in [4.78, 5) is 14.0. The standard InChI is InChI=1S/C15H19N5O3S/c1-22-12-5-3-2-4-11(12)14-17-18-15(20(14)16)24-10-13(21)19-6-8-23-9-7-19/h2-5H,6-10,16H2,1H3. The molecule has 0 aliphatic carbocycles. The fraction of sp³-hybridized carbons (Fsp3) is 0.400. The number of para-hydroxylation sites is 1. The third kappa shape index (κ3) is 3.46. The van der Waals surface area contributed by atoms with Crippen LogP contribution in [0.3, 0.4) is 0 Å². The van der Waals surface area contributed by atoms with Crippen LogP contribution in [0.2, 0.25) is 0 Å². The lowest BCUT2D eigenvalue weighted by Crippen LogP contribution is -2.41. The van der Waals surface area contributed by atoms with Crippen LogP contribution in [0.15, 0.2) is 29.4 Å². The second kappa shape index (κ2) is 7.54. The predicted octanol–water partition coefficient (Wildman–Crippen LogP) is 0.618. The Hall–Kier alpha value is -2.26. The fourth-order valence-electron chi connectivity index (χ4n) is 2.42. The number of nitrogens with zero attached hydrogens (tertiary/aromatic N) is 4. The first-order valence-corrected chi connectivity index (χ1v) is 8.51. The smallest absolute Gasteiger partial charge is 0.233 e. The monoisotopic (exact) mass is 349 g/mol. The summed E-state index contributed by atoms with van der Waals surface area (Å²) in [6, 6.07) is 7.44. The van der Waals surface area contributed by atoms with Crippen molar-refractivity contribution in [1.29, 1.82) is 0 Å². The zero-order valence-electron chi connectivity index (χ0n) is 13.3. The summed E-state index contributed by atoms with van der Waals surface area (Å²) in [5.41, 5.74) is 0.751. The molecule has 2 heterocycles. The summed E-state index contributed by atoms with van der Waals surface area (Å²) in [6.45, 7) is 2.42. The molecule has 24 heavy (non-hydrogen) atoms. The molecule has 0 saturated carbocycles. The Labute approximate surface area is 143 Å². The van der Waals surface area contributed by atoms with Crippen LogP contribution >= 0.6 is 11.8 Å². The predicted molar refractivity (Wildman–Crippen MR) is 90.3 cm³/mol. The molecule has 2 aromatic rings. The average molecular weight is 349 g/mol. The SMILES string of the molecule is COc1ccccc1-c1nnc(SCC(=O)N2CCOCC2)n1N. The lowest BCUT2D eigenvalue weighted by atomic mass is 10.2. The zero-order chi connectivity index (χ0) is 16.9. The van der Waals surface area contributed by atoms with Crippen LogP contribution in [0, 0.1) is 0 Å². The molecule has 8 nitrogen and oxygen atoms in total. The van der Waals surface area contributed by atoms with Gasteiger partial charge < -0.3 is 20.2 Å². The lowest BCUT2D eigenvalue weighted by molar-refractivity contribution is -0.132. The molecule has 1 fully saturated rings. The second-order valence-corrected chi connectivity index (χ2v) is 6.10. The molecular formula is C15H19N5O3S. The largest absolute Gasteiger partial charge is 0.496 e. The van der Waals surface area contributed by atoms with Crippen LogP contribution in [0.5, 0.6) is 5.75 Å². The maximum atomic E-state index is 12.2. The van der Waals surface area contributed by atoms with Crippen molar-refractivity contribution >= 4 is 17.7 Å². The van der Waals surface area contributed by atoms with E-state index in [1.165, 1.54) is 16.4 Å². The molecule has 0 spiro atoms. The molecule has 1 aromatic carbocycles. The summed E-state index contributed by atoms with van der Waals surface area (Å²) < 4.78 is 12.0. The summed E-state index contributed by atoms with van der Waals surface area (Å²) in [5.74, 6) is 7.56. The number of benzene rings is 1. The topological polar surface area (TPSA) is 95.5 Å². The Balaban J connectivity index is 1.70. The number of carbonyl (C=O) groups is 1. The summed E-state index contributed by atoms with van der Waals surface area (Å²) in [7, 11) is 1.59. The summed E-state index contributed by atoms with van der Waals surface area (Å²) in [6.07, 6.45) is 0. The first-order chi connectivity index (χ1) is 11.7. The van der Waals surface area contributed by atoms with Crippen molar-refractivity contribution in [2.45, 2.75) is 5.16 Å². The van der Waals surface area contributed by atoms with Crippen molar-refractivity contribution in [3.63, 3.8) is 0 Å². The van der Waals surface area contributed by atoms with E-state index in [0.717, 1.165) is 5.56 Å². The van der Waals surface area contributed by atoms with E-state index in [0.29, 0.717) is 43.0 Å². The first kappa shape index (κ1) is 16.6. The molecule has 3 rings (SSSR count). The number of morpholine rings is 1. The van der Waals surface area contributed by atoms with Gasteiger partial charge in [0.15, 0.2) is 5.82 Å². The minimum absolute atomic E-state index is 0.0464. The number of rotatable bonds is 5. The molecule has 1 aliphatic heterocycles. The maximum absolute atomic E-state index is 12.2. The van der Waals surface area contributed by atoms with Gasteiger partial charge in [0.2, 0.25) is 11.1 Å². The van der Waals surface area contributed by atoms with E-state index in [9.17, 15) is 4.79 Å². The van der Waals surface area contributed by atoms with E-state index in [2.05, 4.69) is 10.2 Å². The average Bonchev–Trinajstić information content (AvgIpc) is 3.00. The number of amides is 1. The highest BCUT2D eigenvalue weighted by molar-refractivity contribution is 7.99. The van der Waals surface area contributed by atoms with Crippen molar-refractivity contribution in [3.05, 3.63) is 24.3 Å². The Morgan fingerprint density at radius 3 is 2.83 bits per heavy atom. The Bertz CT molecular complexity index is 715. The van der Waals surface area contributed by atoms with E-state index in [1.807, 2.05) is 24.3 Å². The minimum Gasteiger partial charge on any atom is -0.496 e. The summed E-state index contributed by atoms with van der Waals surface area (Å²) >= 11 is 1.27. The number of methoxy groups -OCH3 is 1. The fourth-order valence-corrected chi connectivity index (χ4v) is 3.18. The molecule has 0 unspecified atom stereocenters. The number of nitrogens with two attached hydrogens (primary N) is 1. The van der Waals surface area contributed by atoms with Gasteiger partial charge in [0.25, 0.3) is 0 Å². The molecule has 9 heteroatoms. The quantitative estimate of drug-likeness (QED) is 0.624. The van der Waals surface area contributed by atoms with Gasteiger partial charge in [0.1, 0.15) is 5.75 Å². The number of hydrogen-bond acceptors (Lipinski definition) is 7. The van der Waals surface area contributed by atoms with E-state index in [4.69, 9.17) is 15.3 Å². The number of ether oxygens (including phenoxy) is 2. The second-order valence-electron chi connectivity index (χ2n) is 5.16. The number of nitrogen functional groups attached to an aromatic ring is 1. The van der Waals surface area contributed by atoms with Crippen LogP contribution < -0.4 is 10.6 Å². The van der Waals surface area contributed by atoms with Crippen molar-refractivity contribution in [2.24, 2.45) is 0 Å². The molecule has 1 aromatic heterocycles. The third-order valence-electron chi connectivity index (χ3n) is 3.70. The maximum Gasteiger partial charge on any atom is 0.233 e. The van der Waals surface area contributed by atoms with Gasteiger partial charge >= 0.3 is 0 Å². The van der Waals surface area contributed by atoms with Crippen LogP contribution in [0.1, 0.15) is 0 Å². The highest BCUT2D eigenvalue weighted by Gasteiger charge is 2.20. The van der Waals surface area contributed by atoms with Crippen LogP contribution in [-0.4, -0.2) is 64.8 Å². The van der Waals surface area contributed by atoms with E-state index < -0.39 is 0 Å². The third-order valence-corrected chi connectivity index (χ3v) is 4.63.